The lowest BCUT2D eigenvalue weighted by Crippen LogP contribution is -2.19. The third-order valence-electron chi connectivity index (χ3n) is 3.66. The summed E-state index contributed by atoms with van der Waals surface area (Å²) < 4.78 is 1.62. The lowest BCUT2D eigenvalue weighted by atomic mass is 10.1. The van der Waals surface area contributed by atoms with Gasteiger partial charge in [0.15, 0.2) is 5.65 Å². The van der Waals surface area contributed by atoms with Gasteiger partial charge in [-0.2, -0.15) is 10.1 Å². The van der Waals surface area contributed by atoms with Gasteiger partial charge < -0.3 is 10.6 Å². The summed E-state index contributed by atoms with van der Waals surface area (Å²) in [4.78, 5) is 11.2. The highest BCUT2D eigenvalue weighted by molar-refractivity contribution is 6.30. The van der Waals surface area contributed by atoms with Gasteiger partial charge in [-0.15, -0.1) is 0 Å². The number of aromatic nitrogens is 4. The van der Waals surface area contributed by atoms with Gasteiger partial charge in [-0.3, -0.25) is 4.68 Å². The molecule has 2 N–H and O–H groups in total. The van der Waals surface area contributed by atoms with E-state index in [-0.39, 0.29) is 0 Å². The highest BCUT2D eigenvalue weighted by Crippen LogP contribution is 2.32. The molecular formula is C15H17ClN6. The molecule has 0 unspecified atom stereocenters. The molecule has 0 bridgehead atoms. The smallest absolute Gasteiger partial charge is 0.227 e. The summed E-state index contributed by atoms with van der Waals surface area (Å²) in [5.41, 5.74) is 8.44. The maximum atomic E-state index is 6.15. The van der Waals surface area contributed by atoms with Crippen LogP contribution in [-0.2, 0) is 7.05 Å². The van der Waals surface area contributed by atoms with Gasteiger partial charge in [-0.1, -0.05) is 23.7 Å². The van der Waals surface area contributed by atoms with Gasteiger partial charge in [0.2, 0.25) is 5.95 Å². The molecule has 3 rings (SSSR count). The topological polar surface area (TPSA) is 72.9 Å². The molecule has 22 heavy (non-hydrogen) atoms. The molecule has 0 amide bonds. The van der Waals surface area contributed by atoms with Crippen molar-refractivity contribution in [3.8, 4) is 11.3 Å². The van der Waals surface area contributed by atoms with E-state index in [2.05, 4.69) is 15.1 Å². The van der Waals surface area contributed by atoms with Gasteiger partial charge in [0.1, 0.15) is 5.82 Å². The van der Waals surface area contributed by atoms with Crippen LogP contribution in [0.3, 0.4) is 0 Å². The van der Waals surface area contributed by atoms with E-state index in [1.54, 1.807) is 11.7 Å². The van der Waals surface area contributed by atoms with Crippen LogP contribution in [0.25, 0.3) is 22.3 Å². The molecule has 0 radical (unpaired) electrons. The van der Waals surface area contributed by atoms with Crippen molar-refractivity contribution >= 4 is 34.4 Å². The summed E-state index contributed by atoms with van der Waals surface area (Å²) >= 11 is 5.97. The number of nitrogen functional groups attached to an aromatic ring is 1. The Bertz CT molecular complexity index is 824. The molecule has 0 aliphatic rings. The van der Waals surface area contributed by atoms with E-state index in [4.69, 9.17) is 17.3 Å². The summed E-state index contributed by atoms with van der Waals surface area (Å²) in [7, 11) is 3.74. The zero-order valence-corrected chi connectivity index (χ0v) is 13.5. The molecule has 3 aromatic rings. The standard InChI is InChI=1S/C15H17ClN6/c1-4-21(2)15-18-12(9-5-7-10(16)8-6-9)11-13(17)22(3)20-14(11)19-15/h5-8H,4,17H2,1-3H3. The average Bonchev–Trinajstić information content (AvgIpc) is 2.81. The first kappa shape index (κ1) is 14.6. The van der Waals surface area contributed by atoms with Crippen molar-refractivity contribution in [2.24, 2.45) is 7.05 Å². The molecule has 1 aromatic carbocycles. The van der Waals surface area contributed by atoms with Gasteiger partial charge >= 0.3 is 0 Å². The molecule has 0 atom stereocenters. The molecule has 0 aliphatic heterocycles. The zero-order chi connectivity index (χ0) is 15.9. The molecule has 2 heterocycles. The third-order valence-corrected chi connectivity index (χ3v) is 3.91. The van der Waals surface area contributed by atoms with Crippen LogP contribution in [0.1, 0.15) is 6.92 Å². The number of benzene rings is 1. The van der Waals surface area contributed by atoms with E-state index in [1.165, 1.54) is 0 Å². The molecule has 2 aromatic heterocycles. The van der Waals surface area contributed by atoms with Crippen molar-refractivity contribution < 1.29 is 0 Å². The molecule has 0 aliphatic carbocycles. The number of rotatable bonds is 3. The van der Waals surface area contributed by atoms with Crippen LogP contribution in [-0.4, -0.2) is 33.3 Å². The Morgan fingerprint density at radius 3 is 2.55 bits per heavy atom. The Balaban J connectivity index is 2.31. The van der Waals surface area contributed by atoms with Crippen LogP contribution in [0.4, 0.5) is 11.8 Å². The van der Waals surface area contributed by atoms with E-state index >= 15 is 0 Å². The first-order valence-electron chi connectivity index (χ1n) is 6.98. The fraction of sp³-hybridized carbons (Fsp3) is 0.267. The summed E-state index contributed by atoms with van der Waals surface area (Å²) in [5.74, 6) is 1.17. The van der Waals surface area contributed by atoms with Gasteiger partial charge in [-0.05, 0) is 19.1 Å². The Labute approximate surface area is 133 Å². The zero-order valence-electron chi connectivity index (χ0n) is 12.7. The van der Waals surface area contributed by atoms with Gasteiger partial charge in [0, 0.05) is 31.2 Å². The van der Waals surface area contributed by atoms with Crippen LogP contribution >= 0.6 is 11.6 Å². The molecular weight excluding hydrogens is 300 g/mol. The van der Waals surface area contributed by atoms with Crippen LogP contribution in [0.15, 0.2) is 24.3 Å². The number of halogens is 1. The molecule has 0 fully saturated rings. The quantitative estimate of drug-likeness (QED) is 0.804. The van der Waals surface area contributed by atoms with E-state index < -0.39 is 0 Å². The Hall–Kier alpha value is -2.34. The van der Waals surface area contributed by atoms with Crippen molar-refractivity contribution in [2.45, 2.75) is 6.92 Å². The van der Waals surface area contributed by atoms with Gasteiger partial charge in [0.25, 0.3) is 0 Å². The predicted molar refractivity (Wildman–Crippen MR) is 90.1 cm³/mol. The van der Waals surface area contributed by atoms with Crippen LogP contribution in [0, 0.1) is 0 Å². The number of fused-ring (bicyclic) bond motifs is 1. The van der Waals surface area contributed by atoms with Crippen LogP contribution in [0.2, 0.25) is 5.02 Å². The van der Waals surface area contributed by atoms with Gasteiger partial charge in [-0.25, -0.2) is 4.98 Å². The van der Waals surface area contributed by atoms with E-state index in [0.29, 0.717) is 22.4 Å². The summed E-state index contributed by atoms with van der Waals surface area (Å²) in [6.07, 6.45) is 0. The lowest BCUT2D eigenvalue weighted by Gasteiger charge is -2.15. The van der Waals surface area contributed by atoms with Crippen molar-refractivity contribution in [2.75, 3.05) is 24.2 Å². The Kier molecular flexibility index (Phi) is 3.62. The maximum absolute atomic E-state index is 6.15. The average molecular weight is 317 g/mol. The predicted octanol–water partition coefficient (Wildman–Crippen LogP) is 2.72. The molecule has 0 saturated carbocycles. The highest BCUT2D eigenvalue weighted by atomic mass is 35.5. The lowest BCUT2D eigenvalue weighted by molar-refractivity contribution is 0.786. The number of hydrogen-bond donors (Lipinski definition) is 1. The molecule has 6 nitrogen and oxygen atoms in total. The minimum atomic E-state index is 0.547. The second-order valence-corrected chi connectivity index (χ2v) is 5.54. The number of nitrogens with two attached hydrogens (primary N) is 1. The van der Waals surface area contributed by atoms with Crippen molar-refractivity contribution in [3.05, 3.63) is 29.3 Å². The monoisotopic (exact) mass is 316 g/mol. The molecule has 0 spiro atoms. The number of aryl methyl sites for hydroxylation is 1. The highest BCUT2D eigenvalue weighted by Gasteiger charge is 2.18. The van der Waals surface area contributed by atoms with Gasteiger partial charge in [0.05, 0.1) is 11.1 Å². The Morgan fingerprint density at radius 2 is 1.91 bits per heavy atom. The van der Waals surface area contributed by atoms with E-state index in [0.717, 1.165) is 23.2 Å². The van der Waals surface area contributed by atoms with E-state index in [9.17, 15) is 0 Å². The maximum Gasteiger partial charge on any atom is 0.227 e. The van der Waals surface area contributed by atoms with E-state index in [1.807, 2.05) is 43.1 Å². The van der Waals surface area contributed by atoms with Crippen molar-refractivity contribution in [3.63, 3.8) is 0 Å². The number of hydrogen-bond acceptors (Lipinski definition) is 5. The molecule has 114 valence electrons. The number of nitrogens with zero attached hydrogens (tertiary/aromatic N) is 5. The summed E-state index contributed by atoms with van der Waals surface area (Å²) in [6, 6.07) is 7.51. The largest absolute Gasteiger partial charge is 0.383 e. The minimum absolute atomic E-state index is 0.547. The second kappa shape index (κ2) is 5.46. The summed E-state index contributed by atoms with van der Waals surface area (Å²) in [6.45, 7) is 2.84. The third kappa shape index (κ3) is 2.35. The summed E-state index contributed by atoms with van der Waals surface area (Å²) in [5, 5.41) is 5.82. The first-order chi connectivity index (χ1) is 10.5. The fourth-order valence-electron chi connectivity index (χ4n) is 2.23. The molecule has 7 heteroatoms. The minimum Gasteiger partial charge on any atom is -0.383 e. The number of anilines is 2. The SMILES string of the molecule is CCN(C)c1nc(-c2ccc(Cl)cc2)c2c(N)n(C)nc2n1. The van der Waals surface area contributed by atoms with Crippen molar-refractivity contribution in [1.82, 2.24) is 19.7 Å². The van der Waals surface area contributed by atoms with Crippen molar-refractivity contribution in [1.29, 1.82) is 0 Å². The first-order valence-corrected chi connectivity index (χ1v) is 7.36. The molecule has 0 saturated heterocycles. The fourth-order valence-corrected chi connectivity index (χ4v) is 2.36. The van der Waals surface area contributed by atoms with Crippen LogP contribution in [0.5, 0.6) is 0 Å². The second-order valence-electron chi connectivity index (χ2n) is 5.10. The Morgan fingerprint density at radius 1 is 1.23 bits per heavy atom. The van der Waals surface area contributed by atoms with Crippen LogP contribution < -0.4 is 10.6 Å². The normalized spacial score (nSPS) is 11.1.